The van der Waals surface area contributed by atoms with Crippen molar-refractivity contribution in [3.63, 3.8) is 0 Å². The second kappa shape index (κ2) is 16.3. The molecule has 0 spiro atoms. The van der Waals surface area contributed by atoms with Gasteiger partial charge in [0.15, 0.2) is 11.5 Å². The summed E-state index contributed by atoms with van der Waals surface area (Å²) in [6.07, 6.45) is 0.544. The molecule has 11 heteroatoms. The number of hydrogen-bond acceptors (Lipinski definition) is 10. The van der Waals surface area contributed by atoms with Crippen LogP contribution in [0.1, 0.15) is 100.0 Å². The van der Waals surface area contributed by atoms with Crippen LogP contribution in [0.15, 0.2) is 18.2 Å². The van der Waals surface area contributed by atoms with Crippen molar-refractivity contribution in [1.29, 1.82) is 0 Å². The van der Waals surface area contributed by atoms with Crippen molar-refractivity contribution in [2.24, 2.45) is 10.8 Å². The minimum Gasteiger partial charge on any atom is -0.477 e. The number of rotatable bonds is 15. The van der Waals surface area contributed by atoms with Crippen LogP contribution in [0.2, 0.25) is 0 Å². The number of benzene rings is 1. The van der Waals surface area contributed by atoms with Crippen LogP contribution in [0.4, 0.5) is 9.59 Å². The summed E-state index contributed by atoms with van der Waals surface area (Å²) in [5.74, 6) is -2.37. The van der Waals surface area contributed by atoms with Crippen LogP contribution in [0.25, 0.3) is 0 Å². The largest absolute Gasteiger partial charge is 0.513 e. The molecule has 0 saturated heterocycles. The molecule has 0 bridgehead atoms. The number of ether oxygens (including phenoxy) is 5. The summed E-state index contributed by atoms with van der Waals surface area (Å²) in [7, 11) is 0. The van der Waals surface area contributed by atoms with E-state index in [4.69, 9.17) is 23.7 Å². The van der Waals surface area contributed by atoms with E-state index >= 15 is 0 Å². The number of hydrogen-bond donors (Lipinski definition) is 2. The Bertz CT molecular complexity index is 1060. The van der Waals surface area contributed by atoms with Crippen LogP contribution in [0.5, 0.6) is 11.5 Å². The molecule has 2 N–H and O–H groups in total. The fraction of sp³-hybridized carbons (Fsp3) is 0.677. The Morgan fingerprint density at radius 3 is 1.88 bits per heavy atom. The number of carbonyl (C=O) groups excluding carboxylic acids is 3. The van der Waals surface area contributed by atoms with Crippen molar-refractivity contribution in [1.82, 2.24) is 5.32 Å². The molecule has 238 valence electrons. The molecule has 0 aromatic heterocycles. The maximum absolute atomic E-state index is 12.7. The third-order valence-corrected chi connectivity index (χ3v) is 5.80. The fourth-order valence-corrected chi connectivity index (χ4v) is 3.47. The van der Waals surface area contributed by atoms with Gasteiger partial charge in [-0.1, -0.05) is 74.3 Å². The summed E-state index contributed by atoms with van der Waals surface area (Å²) in [5, 5.41) is 13.2. The lowest BCUT2D eigenvalue weighted by Gasteiger charge is -2.33. The maximum atomic E-state index is 12.7. The molecule has 0 aliphatic heterocycles. The molecule has 1 unspecified atom stereocenters. The molecule has 1 rings (SSSR count). The third-order valence-electron chi connectivity index (χ3n) is 5.80. The van der Waals surface area contributed by atoms with Crippen molar-refractivity contribution in [2.45, 2.75) is 113 Å². The second-order valence-electron chi connectivity index (χ2n) is 12.9. The zero-order valence-corrected chi connectivity index (χ0v) is 26.6. The van der Waals surface area contributed by atoms with E-state index in [1.54, 1.807) is 6.92 Å². The van der Waals surface area contributed by atoms with Gasteiger partial charge in [-0.05, 0) is 48.3 Å². The molecular formula is C31H49NO10. The zero-order chi connectivity index (χ0) is 32.1. The summed E-state index contributed by atoms with van der Waals surface area (Å²) < 4.78 is 26.6. The van der Waals surface area contributed by atoms with Crippen LogP contribution >= 0.6 is 0 Å². The van der Waals surface area contributed by atoms with Gasteiger partial charge >= 0.3 is 24.2 Å². The smallest absolute Gasteiger partial charge is 0.477 e. The Morgan fingerprint density at radius 2 is 1.40 bits per heavy atom. The van der Waals surface area contributed by atoms with Crippen molar-refractivity contribution in [2.75, 3.05) is 13.2 Å². The van der Waals surface area contributed by atoms with Crippen molar-refractivity contribution in [3.05, 3.63) is 23.8 Å². The molecule has 0 fully saturated rings. The standard InChI is InChI=1S/C31H49NO10/c1-10-12-13-14-25(33)42-31(26(34)35,32-21(3)11-2)18-22-15-16-23(40-27(36)38-19-29(4,5)6)24(17-22)41-28(37)39-20-30(7,8)9/h15-17,21,32H,10-14,18-20H2,1-9H3,(H,34,35)/t21?,31-/m0/s1. The summed E-state index contributed by atoms with van der Waals surface area (Å²) in [5.41, 5.74) is -2.42. The third kappa shape index (κ3) is 14.0. The van der Waals surface area contributed by atoms with Crippen LogP contribution in [-0.2, 0) is 30.2 Å². The van der Waals surface area contributed by atoms with Crippen molar-refractivity contribution >= 4 is 24.2 Å². The monoisotopic (exact) mass is 595 g/mol. The van der Waals surface area contributed by atoms with Crippen LogP contribution < -0.4 is 14.8 Å². The average Bonchev–Trinajstić information content (AvgIpc) is 2.87. The first-order chi connectivity index (χ1) is 19.4. The van der Waals surface area contributed by atoms with Gasteiger partial charge in [0.2, 0.25) is 0 Å². The lowest BCUT2D eigenvalue weighted by Crippen LogP contribution is -2.59. The minimum absolute atomic E-state index is 0.0598. The highest BCUT2D eigenvalue weighted by Crippen LogP contribution is 2.32. The molecule has 0 saturated carbocycles. The number of aliphatic carboxylic acids is 1. The zero-order valence-electron chi connectivity index (χ0n) is 26.6. The Kier molecular flexibility index (Phi) is 14.3. The van der Waals surface area contributed by atoms with E-state index < -0.39 is 30.0 Å². The van der Waals surface area contributed by atoms with E-state index in [9.17, 15) is 24.3 Å². The Hall–Kier alpha value is -3.34. The van der Waals surface area contributed by atoms with Gasteiger partial charge in [-0.3, -0.25) is 10.1 Å². The molecule has 2 atom stereocenters. The molecule has 0 aliphatic carbocycles. The van der Waals surface area contributed by atoms with Gasteiger partial charge in [0.25, 0.3) is 5.72 Å². The number of carbonyl (C=O) groups is 4. The number of carboxylic acid groups (broad SMARTS) is 1. The number of carboxylic acids is 1. The SMILES string of the molecule is CCCCCC(=O)O[C@](Cc1ccc(OC(=O)OCC(C)(C)C)c(OC(=O)OCC(C)(C)C)c1)(NC(C)CC)C(=O)O. The van der Waals surface area contributed by atoms with Crippen LogP contribution in [-0.4, -0.2) is 54.3 Å². The van der Waals surface area contributed by atoms with Gasteiger partial charge in [0.05, 0.1) is 13.2 Å². The Morgan fingerprint density at radius 1 is 0.857 bits per heavy atom. The lowest BCUT2D eigenvalue weighted by atomic mass is 9.99. The van der Waals surface area contributed by atoms with Gasteiger partial charge in [0.1, 0.15) is 0 Å². The molecule has 42 heavy (non-hydrogen) atoms. The number of esters is 1. The van der Waals surface area contributed by atoms with E-state index in [1.807, 2.05) is 55.4 Å². The van der Waals surface area contributed by atoms with E-state index in [-0.39, 0.29) is 54.4 Å². The van der Waals surface area contributed by atoms with Gasteiger partial charge in [0, 0.05) is 18.9 Å². The van der Waals surface area contributed by atoms with E-state index in [0.717, 1.165) is 12.8 Å². The van der Waals surface area contributed by atoms with Crippen molar-refractivity contribution in [3.8, 4) is 11.5 Å². The topological polar surface area (TPSA) is 147 Å². The first kappa shape index (κ1) is 36.7. The molecule has 0 amide bonds. The highest BCUT2D eigenvalue weighted by Gasteiger charge is 2.44. The normalized spacial score (nSPS) is 13.8. The summed E-state index contributed by atoms with van der Waals surface area (Å²) in [4.78, 5) is 50.2. The number of unbranched alkanes of at least 4 members (excludes halogenated alkanes) is 2. The van der Waals surface area contributed by atoms with Gasteiger partial charge in [-0.25, -0.2) is 14.4 Å². The van der Waals surface area contributed by atoms with Crippen molar-refractivity contribution < 1.29 is 48.0 Å². The summed E-state index contributed by atoms with van der Waals surface area (Å²) in [6, 6.07) is 3.86. The van der Waals surface area contributed by atoms with E-state index in [0.29, 0.717) is 18.4 Å². The first-order valence-electron chi connectivity index (χ1n) is 14.4. The maximum Gasteiger partial charge on any atom is 0.513 e. The van der Waals surface area contributed by atoms with Crippen LogP contribution in [0, 0.1) is 10.8 Å². The second-order valence-corrected chi connectivity index (χ2v) is 12.9. The molecule has 0 radical (unpaired) electrons. The molecule has 0 heterocycles. The number of nitrogens with one attached hydrogen (secondary N) is 1. The average molecular weight is 596 g/mol. The van der Waals surface area contributed by atoms with E-state index in [2.05, 4.69) is 5.32 Å². The quantitative estimate of drug-likeness (QED) is 0.0739. The van der Waals surface area contributed by atoms with E-state index in [1.165, 1.54) is 18.2 Å². The lowest BCUT2D eigenvalue weighted by molar-refractivity contribution is -0.184. The molecule has 1 aromatic carbocycles. The molecule has 1 aromatic rings. The fourth-order valence-electron chi connectivity index (χ4n) is 3.47. The molecular weight excluding hydrogens is 546 g/mol. The first-order valence-corrected chi connectivity index (χ1v) is 14.4. The highest BCUT2D eigenvalue weighted by atomic mass is 16.7. The predicted molar refractivity (Wildman–Crippen MR) is 156 cm³/mol. The van der Waals surface area contributed by atoms with Crippen LogP contribution in [0.3, 0.4) is 0 Å². The minimum atomic E-state index is -2.10. The highest BCUT2D eigenvalue weighted by molar-refractivity contribution is 5.82. The molecule has 11 nitrogen and oxygen atoms in total. The van der Waals surface area contributed by atoms with Gasteiger partial charge < -0.3 is 28.8 Å². The molecule has 0 aliphatic rings. The summed E-state index contributed by atoms with van der Waals surface area (Å²) in [6.45, 7) is 17.1. The van der Waals surface area contributed by atoms with Gasteiger partial charge in [-0.15, -0.1) is 0 Å². The Labute approximate surface area is 249 Å². The van der Waals surface area contributed by atoms with Gasteiger partial charge in [-0.2, -0.15) is 0 Å². The predicted octanol–water partition coefficient (Wildman–Crippen LogP) is 6.64. The summed E-state index contributed by atoms with van der Waals surface area (Å²) >= 11 is 0. The Balaban J connectivity index is 3.41.